The number of piperidine rings is 1. The van der Waals surface area contributed by atoms with E-state index in [1.54, 1.807) is 7.11 Å². The molecule has 3 aliphatic heterocycles. The molecule has 0 aromatic heterocycles. The van der Waals surface area contributed by atoms with Gasteiger partial charge in [-0.1, -0.05) is 79.3 Å². The van der Waals surface area contributed by atoms with Crippen LogP contribution in [0.15, 0.2) is 53.7 Å². The zero-order valence-electron chi connectivity index (χ0n) is 24.9. The van der Waals surface area contributed by atoms with Crippen LogP contribution in [0.1, 0.15) is 86.5 Å². The lowest BCUT2D eigenvalue weighted by Crippen LogP contribution is -2.48. The van der Waals surface area contributed by atoms with Gasteiger partial charge in [0.15, 0.2) is 11.5 Å². The number of epoxide rings is 1. The van der Waals surface area contributed by atoms with Crippen LogP contribution in [0.5, 0.6) is 0 Å². The molecule has 7 heteroatoms. The van der Waals surface area contributed by atoms with E-state index in [0.29, 0.717) is 19.1 Å². The summed E-state index contributed by atoms with van der Waals surface area (Å²) in [5.41, 5.74) is 5.14. The molecule has 2 aromatic rings. The van der Waals surface area contributed by atoms with E-state index in [2.05, 4.69) is 59.5 Å². The minimum absolute atomic E-state index is 0.214. The summed E-state index contributed by atoms with van der Waals surface area (Å²) in [7, 11) is 1.68. The number of halogens is 1. The second kappa shape index (κ2) is 13.0. The molecule has 0 bridgehead atoms. The Balaban J connectivity index is 1.07. The number of rotatable bonds is 9. The Kier molecular flexibility index (Phi) is 9.15. The van der Waals surface area contributed by atoms with Crippen LogP contribution in [0.25, 0.3) is 5.76 Å². The molecule has 0 radical (unpaired) electrons. The molecule has 6 nitrogen and oxygen atoms in total. The molecule has 2 unspecified atom stereocenters. The lowest BCUT2D eigenvalue weighted by molar-refractivity contribution is -0.137. The number of ketones is 1. The van der Waals surface area contributed by atoms with Crippen molar-refractivity contribution in [1.29, 1.82) is 0 Å². The Morgan fingerprint density at radius 3 is 2.45 bits per heavy atom. The maximum absolute atomic E-state index is 12.9. The van der Waals surface area contributed by atoms with Gasteiger partial charge in [-0.2, -0.15) is 0 Å². The number of hydrogen-bond donors (Lipinski definition) is 0. The lowest BCUT2D eigenvalue weighted by atomic mass is 9.74. The normalized spacial score (nSPS) is 24.7. The number of carbonyl (C=O) groups excluding carboxylic acids is 1. The molecule has 2 saturated heterocycles. The Bertz CT molecular complexity index is 1320. The van der Waals surface area contributed by atoms with Crippen LogP contribution in [-0.2, 0) is 25.7 Å². The Morgan fingerprint density at radius 2 is 1.79 bits per heavy atom. The van der Waals surface area contributed by atoms with E-state index in [1.165, 1.54) is 43.2 Å². The summed E-state index contributed by atoms with van der Waals surface area (Å²) >= 11 is 6.77. The van der Waals surface area contributed by atoms with Gasteiger partial charge in [0, 0.05) is 30.2 Å². The van der Waals surface area contributed by atoms with Gasteiger partial charge in [0.2, 0.25) is 0 Å². The smallest absolute Gasteiger partial charge is 0.172 e. The Labute approximate surface area is 255 Å². The molecule has 0 N–H and O–H groups in total. The van der Waals surface area contributed by atoms with Crippen molar-refractivity contribution in [3.63, 3.8) is 0 Å². The Morgan fingerprint density at radius 1 is 1.07 bits per heavy atom. The molecule has 2 aromatic carbocycles. The molecule has 1 saturated carbocycles. The van der Waals surface area contributed by atoms with Gasteiger partial charge in [-0.25, -0.2) is 0 Å². The van der Waals surface area contributed by atoms with Crippen molar-refractivity contribution in [2.75, 3.05) is 33.4 Å². The highest BCUT2D eigenvalue weighted by molar-refractivity contribution is 6.31. The number of benzene rings is 2. The highest BCUT2D eigenvalue weighted by atomic mass is 35.5. The van der Waals surface area contributed by atoms with E-state index >= 15 is 0 Å². The number of allylic oxidation sites excluding steroid dienone is 1. The number of carbonyl (C=O) groups is 1. The molecule has 3 fully saturated rings. The molecule has 3 heterocycles. The number of likely N-dealkylation sites (tertiary alicyclic amines) is 1. The van der Waals surface area contributed by atoms with Crippen LogP contribution in [-0.4, -0.2) is 55.9 Å². The topological polar surface area (TPSA) is 63.7 Å². The minimum Gasteiger partial charge on any atom is -0.384 e. The average Bonchev–Trinajstić information content (AvgIpc) is 3.87. The van der Waals surface area contributed by atoms with Gasteiger partial charge >= 0.3 is 0 Å². The Hall–Kier alpha value is -2.51. The standard InChI is InChI=1S/C35H43ClN2O4/c1-24-8-15-31(28-13-14-29(30(36)20-28)26-6-4-3-5-7-26)42-37-33(24)27-11-9-25(10-12-27)21-38-18-16-35(17-19-38,23-40-2)34(39)32-22-41-32/h9-15,20,24,26,32H,3-8,16-19,21-23H2,1-2H3. The molecular formula is C35H43ClN2O4. The summed E-state index contributed by atoms with van der Waals surface area (Å²) in [4.78, 5) is 21.4. The first-order chi connectivity index (χ1) is 20.5. The summed E-state index contributed by atoms with van der Waals surface area (Å²) in [5.74, 6) is 1.80. The lowest BCUT2D eigenvalue weighted by Gasteiger charge is -2.40. The number of Topliss-reactive ketones (excluding diaryl/α,β-unsaturated/α-hetero) is 1. The van der Waals surface area contributed by atoms with Crippen LogP contribution in [0.3, 0.4) is 0 Å². The van der Waals surface area contributed by atoms with Crippen LogP contribution in [0.2, 0.25) is 5.02 Å². The quantitative estimate of drug-likeness (QED) is 0.285. The monoisotopic (exact) mass is 590 g/mol. The van der Waals surface area contributed by atoms with Crippen molar-refractivity contribution in [3.8, 4) is 0 Å². The first kappa shape index (κ1) is 29.6. The minimum atomic E-state index is -0.403. The van der Waals surface area contributed by atoms with Gasteiger partial charge in [0.1, 0.15) is 6.10 Å². The van der Waals surface area contributed by atoms with Crippen molar-refractivity contribution in [1.82, 2.24) is 4.90 Å². The fourth-order valence-corrected chi connectivity index (χ4v) is 7.35. The van der Waals surface area contributed by atoms with Crippen molar-refractivity contribution in [3.05, 3.63) is 75.8 Å². The van der Waals surface area contributed by atoms with Gasteiger partial charge in [-0.15, -0.1) is 0 Å². The predicted molar refractivity (Wildman–Crippen MR) is 167 cm³/mol. The van der Waals surface area contributed by atoms with Crippen LogP contribution in [0, 0.1) is 11.3 Å². The van der Waals surface area contributed by atoms with Gasteiger partial charge in [-0.3, -0.25) is 9.69 Å². The number of ether oxygens (including phenoxy) is 2. The molecule has 4 aliphatic rings. The average molecular weight is 591 g/mol. The van der Waals surface area contributed by atoms with Gasteiger partial charge < -0.3 is 14.3 Å². The molecule has 42 heavy (non-hydrogen) atoms. The molecule has 224 valence electrons. The molecule has 6 rings (SSSR count). The van der Waals surface area contributed by atoms with Gasteiger partial charge in [-0.05, 0) is 79.9 Å². The fraction of sp³-hybridized carbons (Fsp3) is 0.543. The summed E-state index contributed by atoms with van der Waals surface area (Å²) in [6.07, 6.45) is 10.8. The van der Waals surface area contributed by atoms with Crippen LogP contribution in [0.4, 0.5) is 0 Å². The van der Waals surface area contributed by atoms with Crippen LogP contribution >= 0.6 is 11.6 Å². The number of oxime groups is 1. The van der Waals surface area contributed by atoms with Crippen LogP contribution < -0.4 is 0 Å². The molecular weight excluding hydrogens is 548 g/mol. The van der Waals surface area contributed by atoms with Crippen molar-refractivity contribution >= 4 is 28.9 Å². The zero-order chi connectivity index (χ0) is 29.1. The highest BCUT2D eigenvalue weighted by Crippen LogP contribution is 2.39. The summed E-state index contributed by atoms with van der Waals surface area (Å²) < 4.78 is 10.8. The molecule has 1 aliphatic carbocycles. The van der Waals surface area contributed by atoms with E-state index in [1.807, 2.05) is 6.07 Å². The summed E-state index contributed by atoms with van der Waals surface area (Å²) in [5, 5.41) is 5.47. The summed E-state index contributed by atoms with van der Waals surface area (Å²) in [6, 6.07) is 15.1. The third-order valence-electron chi connectivity index (χ3n) is 9.73. The predicted octanol–water partition coefficient (Wildman–Crippen LogP) is 7.39. The fourth-order valence-electron chi connectivity index (χ4n) is 7.01. The van der Waals surface area contributed by atoms with E-state index in [0.717, 1.165) is 66.5 Å². The second-order valence-corrected chi connectivity index (χ2v) is 13.1. The van der Waals surface area contributed by atoms with Gasteiger partial charge in [0.25, 0.3) is 0 Å². The number of methoxy groups -OCH3 is 1. The third-order valence-corrected chi connectivity index (χ3v) is 10.1. The van der Waals surface area contributed by atoms with E-state index in [4.69, 9.17) is 25.9 Å². The van der Waals surface area contributed by atoms with E-state index in [9.17, 15) is 4.79 Å². The number of nitrogens with zero attached hydrogens (tertiary/aromatic N) is 2. The number of hydrogen-bond acceptors (Lipinski definition) is 6. The van der Waals surface area contributed by atoms with Crippen molar-refractivity contribution in [2.45, 2.75) is 76.9 Å². The second-order valence-electron chi connectivity index (χ2n) is 12.7. The molecule has 2 atom stereocenters. The van der Waals surface area contributed by atoms with Crippen molar-refractivity contribution < 1.29 is 19.1 Å². The van der Waals surface area contributed by atoms with Crippen molar-refractivity contribution in [2.24, 2.45) is 16.5 Å². The first-order valence-electron chi connectivity index (χ1n) is 15.7. The molecule has 0 amide bonds. The third kappa shape index (κ3) is 6.52. The highest BCUT2D eigenvalue weighted by Gasteiger charge is 2.48. The van der Waals surface area contributed by atoms with E-state index in [-0.39, 0.29) is 17.8 Å². The largest absolute Gasteiger partial charge is 0.384 e. The zero-order valence-corrected chi connectivity index (χ0v) is 25.7. The maximum Gasteiger partial charge on any atom is 0.172 e. The summed E-state index contributed by atoms with van der Waals surface area (Å²) in [6.45, 7) is 5.85. The molecule has 0 spiro atoms. The first-order valence-corrected chi connectivity index (χ1v) is 16.0. The SMILES string of the molecule is COCC1(C(=O)C2CO2)CCN(Cc2ccc(C3=NOC(c4ccc(C5CCCCC5)c(Cl)c4)=CCC3C)cc2)CC1. The van der Waals surface area contributed by atoms with E-state index < -0.39 is 5.41 Å². The van der Waals surface area contributed by atoms with Gasteiger partial charge in [0.05, 0.1) is 24.3 Å². The maximum atomic E-state index is 12.9.